The zero-order valence-corrected chi connectivity index (χ0v) is 13.9. The van der Waals surface area contributed by atoms with Crippen LogP contribution in [-0.2, 0) is 11.0 Å². The summed E-state index contributed by atoms with van der Waals surface area (Å²) in [4.78, 5) is 30.3. The van der Waals surface area contributed by atoms with Gasteiger partial charge in [0.05, 0.1) is 16.9 Å². The van der Waals surface area contributed by atoms with Crippen molar-refractivity contribution in [3.8, 4) is 0 Å². The molecule has 0 atom stereocenters. The molecule has 0 fully saturated rings. The first kappa shape index (κ1) is 19.0. The van der Waals surface area contributed by atoms with Crippen LogP contribution in [0.5, 0.6) is 0 Å². The van der Waals surface area contributed by atoms with Crippen LogP contribution in [0.15, 0.2) is 29.3 Å². The minimum Gasteiger partial charge on any atom is -0.368 e. The monoisotopic (exact) mass is 390 g/mol. The number of amides is 1. The van der Waals surface area contributed by atoms with Gasteiger partial charge in [0.2, 0.25) is 11.9 Å². The first-order chi connectivity index (χ1) is 11.7. The van der Waals surface area contributed by atoms with Gasteiger partial charge in [-0.15, -0.1) is 0 Å². The lowest BCUT2D eigenvalue weighted by Crippen LogP contribution is -2.15. The number of halogens is 4. The van der Waals surface area contributed by atoms with Crippen molar-refractivity contribution in [3.05, 3.63) is 40.5 Å². The van der Waals surface area contributed by atoms with E-state index in [-0.39, 0.29) is 33.1 Å². The van der Waals surface area contributed by atoms with E-state index in [2.05, 4.69) is 15.3 Å². The molecule has 2 aromatic rings. The smallest absolute Gasteiger partial charge is 0.368 e. The molecule has 1 aromatic carbocycles. The summed E-state index contributed by atoms with van der Waals surface area (Å²) in [5, 5.41) is 2.29. The second-order valence-electron chi connectivity index (χ2n) is 4.62. The third kappa shape index (κ3) is 5.07. The average molecular weight is 391 g/mol. The quantitative estimate of drug-likeness (QED) is 0.462. The molecule has 3 N–H and O–H groups in total. The number of benzene rings is 1. The van der Waals surface area contributed by atoms with Gasteiger partial charge in [-0.25, -0.2) is 9.97 Å². The molecule has 0 unspecified atom stereocenters. The normalized spacial score (nSPS) is 11.2. The van der Waals surface area contributed by atoms with Gasteiger partial charge in [0.15, 0.2) is 6.29 Å². The number of carbonyl (C=O) groups is 2. The molecule has 6 nitrogen and oxygen atoms in total. The molecule has 0 bridgehead atoms. The maximum absolute atomic E-state index is 12.6. The van der Waals surface area contributed by atoms with Gasteiger partial charge in [0.1, 0.15) is 10.2 Å². The molecular formula is C14H10ClF3N4O2S. The number of anilines is 2. The minimum atomic E-state index is -4.51. The van der Waals surface area contributed by atoms with E-state index >= 15 is 0 Å². The zero-order valence-electron chi connectivity index (χ0n) is 12.3. The molecule has 25 heavy (non-hydrogen) atoms. The van der Waals surface area contributed by atoms with E-state index in [9.17, 15) is 22.8 Å². The number of alkyl halides is 3. The highest BCUT2D eigenvalue weighted by Crippen LogP contribution is 2.31. The number of nitrogens with one attached hydrogen (secondary N) is 1. The van der Waals surface area contributed by atoms with Crippen LogP contribution in [0.4, 0.5) is 24.8 Å². The SMILES string of the molecule is Nc1nc(Cl)c(C=O)c(SCC(=O)Nc2cccc(C(F)(F)F)c2)n1. The Morgan fingerprint density at radius 2 is 2.08 bits per heavy atom. The standard InChI is InChI=1S/C14H10ClF3N4O2S/c15-11-9(5-23)12(22-13(19)21-11)25-6-10(24)20-8-3-1-2-7(4-8)14(16,17)18/h1-5H,6H2,(H,20,24)(H2,19,21,22). The van der Waals surface area contributed by atoms with E-state index < -0.39 is 17.6 Å². The van der Waals surface area contributed by atoms with Crippen LogP contribution in [0.3, 0.4) is 0 Å². The number of rotatable bonds is 5. The van der Waals surface area contributed by atoms with Gasteiger partial charge in [-0.2, -0.15) is 13.2 Å². The lowest BCUT2D eigenvalue weighted by atomic mass is 10.2. The summed E-state index contributed by atoms with van der Waals surface area (Å²) in [6.45, 7) is 0. The highest BCUT2D eigenvalue weighted by molar-refractivity contribution is 8.00. The predicted molar refractivity (Wildman–Crippen MR) is 87.6 cm³/mol. The fraction of sp³-hybridized carbons (Fsp3) is 0.143. The average Bonchev–Trinajstić information content (AvgIpc) is 2.52. The summed E-state index contributed by atoms with van der Waals surface area (Å²) in [5.74, 6) is -0.977. The Morgan fingerprint density at radius 3 is 2.72 bits per heavy atom. The molecule has 0 spiro atoms. The number of aromatic nitrogens is 2. The van der Waals surface area contributed by atoms with E-state index in [4.69, 9.17) is 17.3 Å². The highest BCUT2D eigenvalue weighted by Gasteiger charge is 2.30. The summed E-state index contributed by atoms with van der Waals surface area (Å²) >= 11 is 6.61. The largest absolute Gasteiger partial charge is 0.416 e. The topological polar surface area (TPSA) is 98.0 Å². The number of thioether (sulfide) groups is 1. The van der Waals surface area contributed by atoms with E-state index in [1.807, 2.05) is 0 Å². The van der Waals surface area contributed by atoms with E-state index in [0.29, 0.717) is 6.29 Å². The van der Waals surface area contributed by atoms with Crippen molar-refractivity contribution in [2.75, 3.05) is 16.8 Å². The molecule has 0 aliphatic heterocycles. The van der Waals surface area contributed by atoms with Crippen LogP contribution in [-0.4, -0.2) is 27.9 Å². The Morgan fingerprint density at radius 1 is 1.36 bits per heavy atom. The van der Waals surface area contributed by atoms with Crippen molar-refractivity contribution < 1.29 is 22.8 Å². The Kier molecular flexibility index (Phi) is 5.85. The Hall–Kier alpha value is -2.33. The molecule has 0 saturated heterocycles. The predicted octanol–water partition coefficient (Wildman–Crippen LogP) is 3.27. The molecule has 0 saturated carbocycles. The number of hydrogen-bond donors (Lipinski definition) is 2. The van der Waals surface area contributed by atoms with Crippen molar-refractivity contribution in [3.63, 3.8) is 0 Å². The molecule has 1 aromatic heterocycles. The van der Waals surface area contributed by atoms with Crippen LogP contribution in [0.1, 0.15) is 15.9 Å². The fourth-order valence-electron chi connectivity index (χ4n) is 1.75. The first-order valence-electron chi connectivity index (χ1n) is 6.59. The molecule has 0 aliphatic rings. The van der Waals surface area contributed by atoms with Crippen LogP contribution < -0.4 is 11.1 Å². The van der Waals surface area contributed by atoms with Gasteiger partial charge in [-0.05, 0) is 18.2 Å². The number of nitrogen functional groups attached to an aromatic ring is 1. The number of aldehydes is 1. The molecule has 1 heterocycles. The fourth-order valence-corrected chi connectivity index (χ4v) is 2.83. The molecule has 132 valence electrons. The second-order valence-corrected chi connectivity index (χ2v) is 5.95. The Labute approximate surface area is 149 Å². The third-order valence-corrected chi connectivity index (χ3v) is 4.09. The van der Waals surface area contributed by atoms with Crippen molar-refractivity contribution in [1.29, 1.82) is 0 Å². The molecular weight excluding hydrogens is 381 g/mol. The maximum Gasteiger partial charge on any atom is 0.416 e. The van der Waals surface area contributed by atoms with Crippen LogP contribution >= 0.6 is 23.4 Å². The summed E-state index contributed by atoms with van der Waals surface area (Å²) in [5.41, 5.74) is 4.53. The Bertz CT molecular complexity index is 817. The van der Waals surface area contributed by atoms with Gasteiger partial charge in [0.25, 0.3) is 0 Å². The van der Waals surface area contributed by atoms with Gasteiger partial charge in [-0.3, -0.25) is 9.59 Å². The minimum absolute atomic E-state index is 0.00345. The summed E-state index contributed by atoms with van der Waals surface area (Å²) in [6.07, 6.45) is -4.08. The summed E-state index contributed by atoms with van der Waals surface area (Å²) in [7, 11) is 0. The number of nitrogens with two attached hydrogens (primary N) is 1. The van der Waals surface area contributed by atoms with Crippen molar-refractivity contribution >= 4 is 47.2 Å². The number of hydrogen-bond acceptors (Lipinski definition) is 6. The van der Waals surface area contributed by atoms with Crippen molar-refractivity contribution in [2.24, 2.45) is 0 Å². The van der Waals surface area contributed by atoms with Crippen LogP contribution in [0.25, 0.3) is 0 Å². The number of carbonyl (C=O) groups excluding carboxylic acids is 2. The molecule has 2 rings (SSSR count). The van der Waals surface area contributed by atoms with Gasteiger partial charge < -0.3 is 11.1 Å². The van der Waals surface area contributed by atoms with Crippen molar-refractivity contribution in [1.82, 2.24) is 9.97 Å². The number of nitrogens with zero attached hydrogens (tertiary/aromatic N) is 2. The molecule has 0 radical (unpaired) electrons. The van der Waals surface area contributed by atoms with E-state index in [1.165, 1.54) is 12.1 Å². The zero-order chi connectivity index (χ0) is 18.6. The molecule has 11 heteroatoms. The Balaban J connectivity index is 2.06. The van der Waals surface area contributed by atoms with Crippen LogP contribution in [0.2, 0.25) is 5.15 Å². The molecule has 0 aliphatic carbocycles. The third-order valence-electron chi connectivity index (χ3n) is 2.81. The summed E-state index contributed by atoms with van der Waals surface area (Å²) in [6, 6.07) is 4.22. The van der Waals surface area contributed by atoms with E-state index in [0.717, 1.165) is 23.9 Å². The first-order valence-corrected chi connectivity index (χ1v) is 7.95. The second kappa shape index (κ2) is 7.70. The van der Waals surface area contributed by atoms with Gasteiger partial charge in [0, 0.05) is 5.69 Å². The lowest BCUT2D eigenvalue weighted by Gasteiger charge is -2.10. The van der Waals surface area contributed by atoms with Crippen molar-refractivity contribution in [2.45, 2.75) is 11.2 Å². The molecule has 1 amide bonds. The highest BCUT2D eigenvalue weighted by atomic mass is 35.5. The maximum atomic E-state index is 12.6. The lowest BCUT2D eigenvalue weighted by molar-refractivity contribution is -0.137. The summed E-state index contributed by atoms with van der Waals surface area (Å²) < 4.78 is 37.9. The van der Waals surface area contributed by atoms with Gasteiger partial charge >= 0.3 is 6.18 Å². The van der Waals surface area contributed by atoms with E-state index in [1.54, 1.807) is 0 Å². The van der Waals surface area contributed by atoms with Gasteiger partial charge in [-0.1, -0.05) is 29.4 Å². The van der Waals surface area contributed by atoms with Crippen LogP contribution in [0, 0.1) is 0 Å².